The molecule has 4 saturated carbocycles. The highest BCUT2D eigenvalue weighted by Gasteiger charge is 2.74. The lowest BCUT2D eigenvalue weighted by atomic mass is 9.78. The second-order valence-corrected chi connectivity index (χ2v) is 20.3. The monoisotopic (exact) mass is 743 g/mol. The van der Waals surface area contributed by atoms with E-state index < -0.39 is 84.0 Å². The van der Waals surface area contributed by atoms with Crippen LogP contribution in [0.25, 0.3) is 0 Å². The Bertz CT molecular complexity index is 1470. The Balaban J connectivity index is 1.19. The van der Waals surface area contributed by atoms with Crippen molar-refractivity contribution in [2.75, 3.05) is 12.3 Å². The Hall–Kier alpha value is -2.12. The minimum Gasteiger partial charge on any atom is -0.347 e. The Morgan fingerprint density at radius 3 is 2.16 bits per heavy atom. The number of sulfone groups is 1. The van der Waals surface area contributed by atoms with Gasteiger partial charge in [-0.1, -0.05) is 52.9 Å². The number of hydrogen-bond donors (Lipinski definition) is 4. The minimum absolute atomic E-state index is 0.0193. The molecule has 2 saturated heterocycles. The molecule has 6 aliphatic rings. The molecule has 0 radical (unpaired) electrons. The van der Waals surface area contributed by atoms with Gasteiger partial charge in [-0.2, -0.15) is 0 Å². The van der Waals surface area contributed by atoms with Gasteiger partial charge in [-0.05, 0) is 62.7 Å². The summed E-state index contributed by atoms with van der Waals surface area (Å²) in [5.41, 5.74) is -1.71. The molecule has 0 aromatic carbocycles. The maximum atomic E-state index is 14.4. The SMILES string of the molecule is CC(C)(C)[C@H](NC(=O)NC1(C2CCCS2(=O)=O)CCCCC1)C(=O)N1C[C@H]2[C@@H]([C@H]1C(=O)N[C@@H](CCC1CC1)C(=O)C(=O)NC1CC1)C2(Cl)Cl. The van der Waals surface area contributed by atoms with Gasteiger partial charge >= 0.3 is 6.03 Å². The van der Waals surface area contributed by atoms with E-state index in [1.165, 1.54) is 4.90 Å². The number of carbonyl (C=O) groups is 5. The van der Waals surface area contributed by atoms with Crippen LogP contribution in [-0.4, -0.2) is 94.4 Å². The van der Waals surface area contributed by atoms with Crippen LogP contribution in [0.4, 0.5) is 4.79 Å². The number of nitrogens with zero attached hydrogens (tertiary/aromatic N) is 1. The summed E-state index contributed by atoms with van der Waals surface area (Å²) in [6.07, 6.45) is 9.41. The molecule has 2 aliphatic heterocycles. The van der Waals surface area contributed by atoms with Crippen LogP contribution in [0, 0.1) is 23.2 Å². The molecule has 1 unspecified atom stereocenters. The highest BCUT2D eigenvalue weighted by atomic mass is 35.5. The lowest BCUT2D eigenvalue weighted by Gasteiger charge is -2.43. The number of nitrogens with one attached hydrogen (secondary N) is 4. The molecule has 0 aromatic heterocycles. The quantitative estimate of drug-likeness (QED) is 0.176. The highest BCUT2D eigenvalue weighted by molar-refractivity contribution is 7.92. The molecule has 49 heavy (non-hydrogen) atoms. The van der Waals surface area contributed by atoms with E-state index in [-0.39, 0.29) is 24.3 Å². The van der Waals surface area contributed by atoms with Crippen LogP contribution in [0.15, 0.2) is 0 Å². The number of carbonyl (C=O) groups excluding carboxylic acids is 5. The standard InChI is InChI=1S/C34H51Cl2N5O7S/c1-32(2,3)27(39-31(46)40-33(15-5-4-6-16-33)23-8-7-17-49(23,47)48)30(45)41-18-21-24(34(21,35)36)25(41)28(43)38-22(14-11-19-9-10-19)26(42)29(44)37-20-12-13-20/h19-25,27H,4-18H2,1-3H3,(H,37,44)(H,38,43)(H2,39,40,46)/t21-,22-,23?,24-,25-,27+/m0/s1. The van der Waals surface area contributed by atoms with Crippen LogP contribution >= 0.6 is 23.2 Å². The summed E-state index contributed by atoms with van der Waals surface area (Å²) in [7, 11) is -3.37. The van der Waals surface area contributed by atoms with Gasteiger partial charge in [0.25, 0.3) is 5.91 Å². The van der Waals surface area contributed by atoms with Gasteiger partial charge in [0.1, 0.15) is 16.4 Å². The van der Waals surface area contributed by atoms with Crippen LogP contribution in [0.2, 0.25) is 0 Å². The van der Waals surface area contributed by atoms with Crippen molar-refractivity contribution in [2.24, 2.45) is 23.2 Å². The van der Waals surface area contributed by atoms with Crippen LogP contribution in [0.5, 0.6) is 0 Å². The third-order valence-corrected chi connectivity index (χ3v) is 15.1. The lowest BCUT2D eigenvalue weighted by Crippen LogP contribution is -2.65. The molecule has 6 fully saturated rings. The van der Waals surface area contributed by atoms with Crippen molar-refractivity contribution in [1.82, 2.24) is 26.2 Å². The third kappa shape index (κ3) is 7.73. The normalized spacial score (nSPS) is 30.8. The van der Waals surface area contributed by atoms with E-state index in [0.29, 0.717) is 44.4 Å². The first-order valence-electron chi connectivity index (χ1n) is 18.1. The summed E-state index contributed by atoms with van der Waals surface area (Å²) < 4.78 is 24.9. The van der Waals surface area contributed by atoms with Crippen molar-refractivity contribution in [3.05, 3.63) is 0 Å². The molecule has 0 bridgehead atoms. The molecule has 15 heteroatoms. The molecule has 6 rings (SSSR count). The zero-order chi connectivity index (χ0) is 35.5. The minimum atomic E-state index is -3.37. The number of likely N-dealkylation sites (tertiary alicyclic amines) is 1. The largest absolute Gasteiger partial charge is 0.347 e. The average molecular weight is 745 g/mol. The first-order chi connectivity index (χ1) is 22.9. The van der Waals surface area contributed by atoms with E-state index in [1.807, 2.05) is 0 Å². The van der Waals surface area contributed by atoms with Crippen molar-refractivity contribution in [3.8, 4) is 0 Å². The Morgan fingerprint density at radius 1 is 0.918 bits per heavy atom. The number of piperidine rings is 1. The second kappa shape index (κ2) is 13.5. The molecule has 5 amide bonds. The predicted molar refractivity (Wildman–Crippen MR) is 185 cm³/mol. The molecule has 274 valence electrons. The summed E-state index contributed by atoms with van der Waals surface area (Å²) in [5.74, 6) is -2.96. The molecular formula is C34H51Cl2N5O7S. The zero-order valence-electron chi connectivity index (χ0n) is 28.7. The average Bonchev–Trinajstić information content (AvgIpc) is 3.98. The maximum absolute atomic E-state index is 14.4. The number of alkyl halides is 2. The summed E-state index contributed by atoms with van der Waals surface area (Å²) in [6.45, 7) is 5.49. The molecule has 4 N–H and O–H groups in total. The second-order valence-electron chi connectivity index (χ2n) is 16.5. The van der Waals surface area contributed by atoms with Gasteiger partial charge in [0.05, 0.1) is 22.6 Å². The molecular weight excluding hydrogens is 693 g/mol. The number of halogens is 2. The molecule has 0 aromatic rings. The number of ketones is 1. The van der Waals surface area contributed by atoms with Gasteiger partial charge in [0.15, 0.2) is 9.84 Å². The fourth-order valence-electron chi connectivity index (χ4n) is 8.44. The van der Waals surface area contributed by atoms with Crippen LogP contribution in [0.1, 0.15) is 104 Å². The predicted octanol–water partition coefficient (Wildman–Crippen LogP) is 3.13. The number of amides is 5. The summed E-state index contributed by atoms with van der Waals surface area (Å²) in [5, 5.41) is 10.7. The maximum Gasteiger partial charge on any atom is 0.315 e. The van der Waals surface area contributed by atoms with Gasteiger partial charge in [-0.25, -0.2) is 13.2 Å². The molecule has 4 aliphatic carbocycles. The van der Waals surface area contributed by atoms with Crippen molar-refractivity contribution < 1.29 is 32.4 Å². The van der Waals surface area contributed by atoms with Crippen molar-refractivity contribution in [1.29, 1.82) is 0 Å². The Labute approximate surface area is 299 Å². The van der Waals surface area contributed by atoms with E-state index in [4.69, 9.17) is 23.2 Å². The first kappa shape index (κ1) is 36.7. The van der Waals surface area contributed by atoms with Gasteiger partial charge < -0.3 is 26.2 Å². The van der Waals surface area contributed by atoms with Crippen LogP contribution in [0.3, 0.4) is 0 Å². The summed E-state index contributed by atoms with van der Waals surface area (Å²) in [4.78, 5) is 69.6. The number of hydrogen-bond acceptors (Lipinski definition) is 7. The number of urea groups is 1. The van der Waals surface area contributed by atoms with E-state index in [0.717, 1.165) is 44.9 Å². The van der Waals surface area contributed by atoms with E-state index in [2.05, 4.69) is 21.3 Å². The van der Waals surface area contributed by atoms with Gasteiger partial charge in [0.2, 0.25) is 17.6 Å². The fourth-order valence-corrected chi connectivity index (χ4v) is 11.6. The highest BCUT2D eigenvalue weighted by Crippen LogP contribution is 2.65. The Kier molecular flexibility index (Phi) is 10.1. The van der Waals surface area contributed by atoms with Gasteiger partial charge in [0, 0.05) is 24.4 Å². The number of rotatable bonds is 12. The van der Waals surface area contributed by atoms with Crippen molar-refractivity contribution in [2.45, 2.75) is 144 Å². The van der Waals surface area contributed by atoms with E-state index in [1.54, 1.807) is 20.8 Å². The fraction of sp³-hybridized carbons (Fsp3) is 0.853. The van der Waals surface area contributed by atoms with Gasteiger partial charge in [-0.15, -0.1) is 23.2 Å². The first-order valence-corrected chi connectivity index (χ1v) is 20.6. The van der Waals surface area contributed by atoms with Crippen LogP contribution in [-0.2, 0) is 29.0 Å². The number of fused-ring (bicyclic) bond motifs is 1. The summed E-state index contributed by atoms with van der Waals surface area (Å²) >= 11 is 13.2. The lowest BCUT2D eigenvalue weighted by molar-refractivity contribution is -0.144. The number of Topliss-reactive ketones (excluding diaryl/α,β-unsaturated/α-hetero) is 1. The topological polar surface area (TPSA) is 171 Å². The van der Waals surface area contributed by atoms with E-state index >= 15 is 0 Å². The molecule has 6 atom stereocenters. The van der Waals surface area contributed by atoms with Crippen LogP contribution < -0.4 is 21.3 Å². The molecule has 0 spiro atoms. The van der Waals surface area contributed by atoms with Crippen molar-refractivity contribution in [3.63, 3.8) is 0 Å². The zero-order valence-corrected chi connectivity index (χ0v) is 31.0. The smallest absolute Gasteiger partial charge is 0.315 e. The van der Waals surface area contributed by atoms with E-state index in [9.17, 15) is 32.4 Å². The molecule has 2 heterocycles. The Morgan fingerprint density at radius 2 is 1.59 bits per heavy atom. The van der Waals surface area contributed by atoms with Gasteiger partial charge in [-0.3, -0.25) is 19.2 Å². The summed E-state index contributed by atoms with van der Waals surface area (Å²) in [6, 6.07) is -3.90. The third-order valence-electron chi connectivity index (χ3n) is 11.7. The van der Waals surface area contributed by atoms with Crippen molar-refractivity contribution >= 4 is 62.6 Å². The molecule has 12 nitrogen and oxygen atoms in total.